The first-order valence-corrected chi connectivity index (χ1v) is 8.71. The minimum atomic E-state index is -0.406. The summed E-state index contributed by atoms with van der Waals surface area (Å²) in [5.41, 5.74) is 2.11. The fraction of sp³-hybridized carbons (Fsp3) is 0.300. The number of aromatic nitrogens is 2. The summed E-state index contributed by atoms with van der Waals surface area (Å²) in [7, 11) is 0. The first kappa shape index (κ1) is 17.2. The van der Waals surface area contributed by atoms with Crippen LogP contribution in [0.5, 0.6) is 11.5 Å². The molecule has 1 aromatic carbocycles. The standard InChI is InChI=1S/C20H20N2O5/c1-12-8-16(14(3)22(12)19-9-13(2)27-21-19)20(23)25-11-15-10-24-17-6-4-5-7-18(17)26-15/h4-9,15H,10-11H2,1-3H3/t15-/m1/s1. The van der Waals surface area contributed by atoms with Gasteiger partial charge in [0.1, 0.15) is 19.0 Å². The molecule has 0 radical (unpaired) electrons. The van der Waals surface area contributed by atoms with E-state index in [0.29, 0.717) is 35.2 Å². The van der Waals surface area contributed by atoms with Gasteiger partial charge < -0.3 is 18.7 Å². The second-order valence-corrected chi connectivity index (χ2v) is 6.51. The normalized spacial score (nSPS) is 15.6. The quantitative estimate of drug-likeness (QED) is 0.657. The number of carbonyl (C=O) groups is 1. The minimum Gasteiger partial charge on any atom is -0.486 e. The van der Waals surface area contributed by atoms with Crippen molar-refractivity contribution in [2.75, 3.05) is 13.2 Å². The highest BCUT2D eigenvalue weighted by molar-refractivity contribution is 5.91. The highest BCUT2D eigenvalue weighted by Gasteiger charge is 2.24. The molecule has 0 N–H and O–H groups in total. The number of hydrogen-bond acceptors (Lipinski definition) is 6. The van der Waals surface area contributed by atoms with Crippen LogP contribution in [0.3, 0.4) is 0 Å². The van der Waals surface area contributed by atoms with Gasteiger partial charge in [-0.2, -0.15) is 0 Å². The molecule has 1 atom stereocenters. The lowest BCUT2D eigenvalue weighted by molar-refractivity contribution is 0.0109. The topological polar surface area (TPSA) is 75.7 Å². The molecule has 0 spiro atoms. The Hall–Kier alpha value is -3.22. The van der Waals surface area contributed by atoms with Gasteiger partial charge in [0.15, 0.2) is 23.4 Å². The average molecular weight is 368 g/mol. The lowest BCUT2D eigenvalue weighted by Gasteiger charge is -2.26. The number of rotatable bonds is 4. The van der Waals surface area contributed by atoms with Crippen molar-refractivity contribution in [2.24, 2.45) is 0 Å². The third kappa shape index (κ3) is 3.28. The summed E-state index contributed by atoms with van der Waals surface area (Å²) in [5.74, 6) is 2.30. The molecule has 27 heavy (non-hydrogen) atoms. The maximum Gasteiger partial charge on any atom is 0.340 e. The van der Waals surface area contributed by atoms with Gasteiger partial charge in [-0.05, 0) is 39.0 Å². The van der Waals surface area contributed by atoms with Crippen LogP contribution in [0.25, 0.3) is 5.82 Å². The Bertz CT molecular complexity index is 988. The second-order valence-electron chi connectivity index (χ2n) is 6.51. The second kappa shape index (κ2) is 6.83. The molecule has 0 unspecified atom stereocenters. The van der Waals surface area contributed by atoms with Crippen LogP contribution < -0.4 is 9.47 Å². The van der Waals surface area contributed by atoms with Crippen molar-refractivity contribution < 1.29 is 23.5 Å². The zero-order valence-corrected chi connectivity index (χ0v) is 15.4. The Morgan fingerprint density at radius 2 is 2.00 bits per heavy atom. The average Bonchev–Trinajstić information content (AvgIpc) is 3.22. The minimum absolute atomic E-state index is 0.111. The zero-order valence-electron chi connectivity index (χ0n) is 15.4. The Labute approximate surface area is 156 Å². The SMILES string of the molecule is Cc1cc(-n2c(C)cc(C(=O)OC[C@H]3COc4ccccc4O3)c2C)no1. The van der Waals surface area contributed by atoms with E-state index in [2.05, 4.69) is 5.16 Å². The number of hydrogen-bond donors (Lipinski definition) is 0. The van der Waals surface area contributed by atoms with Crippen LogP contribution in [0.4, 0.5) is 0 Å². The molecule has 4 rings (SSSR count). The molecule has 0 aliphatic carbocycles. The Morgan fingerprint density at radius 1 is 1.22 bits per heavy atom. The molecule has 7 heteroatoms. The van der Waals surface area contributed by atoms with Crippen molar-refractivity contribution >= 4 is 5.97 Å². The monoisotopic (exact) mass is 368 g/mol. The largest absolute Gasteiger partial charge is 0.486 e. The third-order valence-corrected chi connectivity index (χ3v) is 4.46. The van der Waals surface area contributed by atoms with Crippen molar-refractivity contribution in [2.45, 2.75) is 26.9 Å². The van der Waals surface area contributed by atoms with Crippen LogP contribution in [0.2, 0.25) is 0 Å². The van der Waals surface area contributed by atoms with Crippen molar-refractivity contribution in [1.82, 2.24) is 9.72 Å². The molecule has 140 valence electrons. The van der Waals surface area contributed by atoms with E-state index >= 15 is 0 Å². The van der Waals surface area contributed by atoms with Gasteiger partial charge >= 0.3 is 5.97 Å². The number of aryl methyl sites for hydroxylation is 2. The maximum atomic E-state index is 12.6. The zero-order chi connectivity index (χ0) is 19.0. The van der Waals surface area contributed by atoms with Crippen molar-refractivity contribution in [3.05, 3.63) is 59.1 Å². The number of nitrogens with zero attached hydrogens (tertiary/aromatic N) is 2. The lowest BCUT2D eigenvalue weighted by Crippen LogP contribution is -2.34. The van der Waals surface area contributed by atoms with Gasteiger partial charge in [-0.15, -0.1) is 0 Å². The highest BCUT2D eigenvalue weighted by Crippen LogP contribution is 2.31. The molecule has 2 aromatic heterocycles. The number of fused-ring (bicyclic) bond motifs is 1. The van der Waals surface area contributed by atoms with Gasteiger partial charge in [-0.1, -0.05) is 17.3 Å². The molecule has 0 saturated heterocycles. The molecule has 0 bridgehead atoms. The van der Waals surface area contributed by atoms with Gasteiger partial charge in [0, 0.05) is 17.5 Å². The van der Waals surface area contributed by atoms with Gasteiger partial charge in [0.2, 0.25) is 0 Å². The van der Waals surface area contributed by atoms with Crippen LogP contribution in [0.1, 0.15) is 27.5 Å². The number of esters is 1. The fourth-order valence-corrected chi connectivity index (χ4v) is 3.17. The van der Waals surface area contributed by atoms with Crippen molar-refractivity contribution in [1.29, 1.82) is 0 Å². The molecule has 1 aliphatic heterocycles. The molecular formula is C20H20N2O5. The summed E-state index contributed by atoms with van der Waals surface area (Å²) in [5, 5.41) is 4.02. The Kier molecular flexibility index (Phi) is 4.35. The molecule has 7 nitrogen and oxygen atoms in total. The lowest BCUT2D eigenvalue weighted by atomic mass is 10.2. The smallest absolute Gasteiger partial charge is 0.340 e. The summed E-state index contributed by atoms with van der Waals surface area (Å²) >= 11 is 0. The first-order chi connectivity index (χ1) is 13.0. The van der Waals surface area contributed by atoms with E-state index in [9.17, 15) is 4.79 Å². The molecule has 0 fully saturated rings. The molecule has 0 amide bonds. The van der Waals surface area contributed by atoms with Gasteiger partial charge in [0.25, 0.3) is 0 Å². The predicted octanol–water partition coefficient (Wildman–Crippen LogP) is 3.39. The van der Waals surface area contributed by atoms with Crippen LogP contribution >= 0.6 is 0 Å². The summed E-state index contributed by atoms with van der Waals surface area (Å²) in [6, 6.07) is 11.0. The van der Waals surface area contributed by atoms with E-state index < -0.39 is 5.97 Å². The predicted molar refractivity (Wildman–Crippen MR) is 96.7 cm³/mol. The Balaban J connectivity index is 1.45. The highest BCUT2D eigenvalue weighted by atomic mass is 16.6. The van der Waals surface area contributed by atoms with E-state index in [1.807, 2.05) is 55.7 Å². The van der Waals surface area contributed by atoms with E-state index in [1.54, 1.807) is 6.07 Å². The maximum absolute atomic E-state index is 12.6. The summed E-state index contributed by atoms with van der Waals surface area (Å²) < 4.78 is 23.9. The summed E-state index contributed by atoms with van der Waals surface area (Å²) in [6.07, 6.45) is -0.342. The summed E-state index contributed by atoms with van der Waals surface area (Å²) in [6.45, 7) is 6.03. The number of para-hydroxylation sites is 2. The van der Waals surface area contributed by atoms with E-state index in [-0.39, 0.29) is 12.7 Å². The first-order valence-electron chi connectivity index (χ1n) is 8.71. The fourth-order valence-electron chi connectivity index (χ4n) is 3.17. The Morgan fingerprint density at radius 3 is 2.74 bits per heavy atom. The molecule has 3 aromatic rings. The number of carbonyl (C=O) groups excluding carboxylic acids is 1. The van der Waals surface area contributed by atoms with E-state index in [0.717, 1.165) is 11.4 Å². The van der Waals surface area contributed by atoms with Gasteiger partial charge in [-0.25, -0.2) is 4.79 Å². The molecular weight excluding hydrogens is 348 g/mol. The summed E-state index contributed by atoms with van der Waals surface area (Å²) in [4.78, 5) is 12.6. The number of ether oxygens (including phenoxy) is 3. The van der Waals surface area contributed by atoms with Gasteiger partial charge in [0.05, 0.1) is 5.56 Å². The molecule has 3 heterocycles. The van der Waals surface area contributed by atoms with E-state index in [1.165, 1.54) is 0 Å². The number of benzene rings is 1. The van der Waals surface area contributed by atoms with E-state index in [4.69, 9.17) is 18.7 Å². The van der Waals surface area contributed by atoms with Crippen LogP contribution in [-0.4, -0.2) is 35.0 Å². The molecule has 1 aliphatic rings. The third-order valence-electron chi connectivity index (χ3n) is 4.46. The van der Waals surface area contributed by atoms with Crippen molar-refractivity contribution in [3.63, 3.8) is 0 Å². The van der Waals surface area contributed by atoms with Crippen LogP contribution in [0.15, 0.2) is 40.9 Å². The molecule has 0 saturated carbocycles. The van der Waals surface area contributed by atoms with Gasteiger partial charge in [-0.3, -0.25) is 4.57 Å². The van der Waals surface area contributed by atoms with Crippen LogP contribution in [0, 0.1) is 20.8 Å². The van der Waals surface area contributed by atoms with Crippen LogP contribution in [-0.2, 0) is 4.74 Å². The van der Waals surface area contributed by atoms with Crippen molar-refractivity contribution in [3.8, 4) is 17.3 Å².